The van der Waals surface area contributed by atoms with E-state index in [1.165, 1.54) is 5.56 Å². The van der Waals surface area contributed by atoms with E-state index in [4.69, 9.17) is 0 Å². The number of para-hydroxylation sites is 1. The van der Waals surface area contributed by atoms with Gasteiger partial charge in [0.25, 0.3) is 0 Å². The molecule has 1 heterocycles. The van der Waals surface area contributed by atoms with Crippen molar-refractivity contribution < 1.29 is 0 Å². The van der Waals surface area contributed by atoms with E-state index in [0.717, 1.165) is 22.5 Å². The van der Waals surface area contributed by atoms with Crippen LogP contribution in [0.1, 0.15) is 12.5 Å². The van der Waals surface area contributed by atoms with Gasteiger partial charge in [-0.2, -0.15) is 0 Å². The number of aromatic nitrogens is 1. The van der Waals surface area contributed by atoms with Gasteiger partial charge in [-0.15, -0.1) is 0 Å². The zero-order valence-electron chi connectivity index (χ0n) is 10.0. The maximum absolute atomic E-state index is 4.47. The van der Waals surface area contributed by atoms with Gasteiger partial charge in [0.2, 0.25) is 0 Å². The molecule has 0 atom stereocenters. The number of rotatable bonds is 3. The summed E-state index contributed by atoms with van der Waals surface area (Å²) >= 11 is 3.61. The lowest BCUT2D eigenvalue weighted by Gasteiger charge is -2.23. The SMILES string of the molecule is CCN(c1ccccc1)c1nccc(C)c1Br. The normalized spacial score (nSPS) is 10.3. The van der Waals surface area contributed by atoms with E-state index < -0.39 is 0 Å². The van der Waals surface area contributed by atoms with E-state index in [9.17, 15) is 0 Å². The molecule has 0 aliphatic carbocycles. The van der Waals surface area contributed by atoms with Crippen molar-refractivity contribution in [3.63, 3.8) is 0 Å². The summed E-state index contributed by atoms with van der Waals surface area (Å²) in [5.41, 5.74) is 2.36. The first kappa shape index (κ1) is 12.1. The van der Waals surface area contributed by atoms with Crippen molar-refractivity contribution in [3.8, 4) is 0 Å². The predicted molar refractivity (Wildman–Crippen MR) is 75.8 cm³/mol. The molecular weight excluding hydrogens is 276 g/mol. The lowest BCUT2D eigenvalue weighted by atomic mass is 10.2. The number of aryl methyl sites for hydroxylation is 1. The molecule has 2 rings (SSSR count). The van der Waals surface area contributed by atoms with Crippen LogP contribution in [0.2, 0.25) is 0 Å². The van der Waals surface area contributed by atoms with Crippen LogP contribution in [0.15, 0.2) is 47.1 Å². The molecule has 88 valence electrons. The van der Waals surface area contributed by atoms with Crippen molar-refractivity contribution in [2.75, 3.05) is 11.4 Å². The van der Waals surface area contributed by atoms with Crippen molar-refractivity contribution in [1.29, 1.82) is 0 Å². The van der Waals surface area contributed by atoms with Crippen LogP contribution in [0.4, 0.5) is 11.5 Å². The van der Waals surface area contributed by atoms with Gasteiger partial charge in [0.15, 0.2) is 0 Å². The van der Waals surface area contributed by atoms with Crippen LogP contribution in [0, 0.1) is 6.92 Å². The standard InChI is InChI=1S/C14H15BrN2/c1-3-17(12-7-5-4-6-8-12)14-13(15)11(2)9-10-16-14/h4-10H,3H2,1-2H3. The second-order valence-electron chi connectivity index (χ2n) is 3.85. The Morgan fingerprint density at radius 2 is 1.88 bits per heavy atom. The maximum atomic E-state index is 4.47. The zero-order valence-corrected chi connectivity index (χ0v) is 11.6. The van der Waals surface area contributed by atoms with Crippen LogP contribution in [-0.2, 0) is 0 Å². The number of anilines is 2. The number of pyridine rings is 1. The number of nitrogens with zero attached hydrogens (tertiary/aromatic N) is 2. The molecule has 0 N–H and O–H groups in total. The monoisotopic (exact) mass is 290 g/mol. The van der Waals surface area contributed by atoms with Gasteiger partial charge < -0.3 is 4.90 Å². The molecule has 0 spiro atoms. The Balaban J connectivity index is 2.46. The molecule has 3 heteroatoms. The van der Waals surface area contributed by atoms with Gasteiger partial charge in [0, 0.05) is 18.4 Å². The van der Waals surface area contributed by atoms with Crippen molar-refractivity contribution in [3.05, 3.63) is 52.6 Å². The molecule has 0 aliphatic heterocycles. The van der Waals surface area contributed by atoms with Crippen LogP contribution in [0.25, 0.3) is 0 Å². The number of hydrogen-bond donors (Lipinski definition) is 0. The van der Waals surface area contributed by atoms with Crippen LogP contribution in [-0.4, -0.2) is 11.5 Å². The van der Waals surface area contributed by atoms with E-state index in [1.54, 1.807) is 0 Å². The van der Waals surface area contributed by atoms with Crippen molar-refractivity contribution in [2.24, 2.45) is 0 Å². The minimum Gasteiger partial charge on any atom is -0.326 e. The third-order valence-corrected chi connectivity index (χ3v) is 3.68. The molecule has 0 radical (unpaired) electrons. The number of halogens is 1. The largest absolute Gasteiger partial charge is 0.326 e. The second-order valence-corrected chi connectivity index (χ2v) is 4.64. The van der Waals surface area contributed by atoms with Crippen LogP contribution >= 0.6 is 15.9 Å². The topological polar surface area (TPSA) is 16.1 Å². The molecule has 0 bridgehead atoms. The summed E-state index contributed by atoms with van der Waals surface area (Å²) in [7, 11) is 0. The van der Waals surface area contributed by atoms with Crippen LogP contribution in [0.3, 0.4) is 0 Å². The number of benzene rings is 1. The van der Waals surface area contributed by atoms with E-state index >= 15 is 0 Å². The quantitative estimate of drug-likeness (QED) is 0.837. The molecule has 2 aromatic rings. The molecule has 1 aromatic heterocycles. The summed E-state index contributed by atoms with van der Waals surface area (Å²) in [6.07, 6.45) is 1.85. The van der Waals surface area contributed by atoms with Gasteiger partial charge >= 0.3 is 0 Å². The fraction of sp³-hybridized carbons (Fsp3) is 0.214. The van der Waals surface area contributed by atoms with Gasteiger partial charge in [-0.05, 0) is 53.5 Å². The van der Waals surface area contributed by atoms with Crippen molar-refractivity contribution in [1.82, 2.24) is 4.98 Å². The van der Waals surface area contributed by atoms with E-state index in [-0.39, 0.29) is 0 Å². The maximum Gasteiger partial charge on any atom is 0.147 e. The summed E-state index contributed by atoms with van der Waals surface area (Å²) < 4.78 is 1.06. The lowest BCUT2D eigenvalue weighted by molar-refractivity contribution is 0.981. The third kappa shape index (κ3) is 2.50. The molecular formula is C14H15BrN2. The van der Waals surface area contributed by atoms with Gasteiger partial charge in [-0.1, -0.05) is 18.2 Å². The summed E-state index contributed by atoms with van der Waals surface area (Å²) in [6.45, 7) is 5.09. The highest BCUT2D eigenvalue weighted by Crippen LogP contribution is 2.31. The number of hydrogen-bond acceptors (Lipinski definition) is 2. The Morgan fingerprint density at radius 1 is 1.18 bits per heavy atom. The van der Waals surface area contributed by atoms with Crippen LogP contribution in [0.5, 0.6) is 0 Å². The predicted octanol–water partition coefficient (Wildman–Crippen LogP) is 4.31. The van der Waals surface area contributed by atoms with Crippen LogP contribution < -0.4 is 4.90 Å². The van der Waals surface area contributed by atoms with Gasteiger partial charge in [-0.3, -0.25) is 0 Å². The van der Waals surface area contributed by atoms with Gasteiger partial charge in [-0.25, -0.2) is 4.98 Å². The van der Waals surface area contributed by atoms with Gasteiger partial charge in [0.05, 0.1) is 4.47 Å². The fourth-order valence-corrected chi connectivity index (χ4v) is 2.23. The molecule has 0 unspecified atom stereocenters. The average molecular weight is 291 g/mol. The molecule has 0 saturated heterocycles. The van der Waals surface area contributed by atoms with Crippen molar-refractivity contribution in [2.45, 2.75) is 13.8 Å². The minimum atomic E-state index is 0.888. The van der Waals surface area contributed by atoms with E-state index in [0.29, 0.717) is 0 Å². The van der Waals surface area contributed by atoms with Gasteiger partial charge in [0.1, 0.15) is 5.82 Å². The molecule has 0 aliphatic rings. The lowest BCUT2D eigenvalue weighted by Crippen LogP contribution is -2.18. The minimum absolute atomic E-state index is 0.888. The Hall–Kier alpha value is -1.35. The highest BCUT2D eigenvalue weighted by molar-refractivity contribution is 9.10. The first-order valence-corrected chi connectivity index (χ1v) is 6.47. The first-order valence-electron chi connectivity index (χ1n) is 5.67. The van der Waals surface area contributed by atoms with E-state index in [2.05, 4.69) is 51.8 Å². The average Bonchev–Trinajstić information content (AvgIpc) is 2.37. The highest BCUT2D eigenvalue weighted by Gasteiger charge is 2.12. The molecule has 0 fully saturated rings. The molecule has 2 nitrogen and oxygen atoms in total. The fourth-order valence-electron chi connectivity index (χ4n) is 1.78. The molecule has 1 aromatic carbocycles. The van der Waals surface area contributed by atoms with E-state index in [1.807, 2.05) is 30.5 Å². The summed E-state index contributed by atoms with van der Waals surface area (Å²) in [4.78, 5) is 6.66. The smallest absolute Gasteiger partial charge is 0.147 e. The highest BCUT2D eigenvalue weighted by atomic mass is 79.9. The summed E-state index contributed by atoms with van der Waals surface area (Å²) in [5, 5.41) is 0. The molecule has 17 heavy (non-hydrogen) atoms. The van der Waals surface area contributed by atoms with Crippen molar-refractivity contribution >= 4 is 27.4 Å². The Morgan fingerprint density at radius 3 is 2.53 bits per heavy atom. The zero-order chi connectivity index (χ0) is 12.3. The molecule has 0 saturated carbocycles. The Bertz CT molecular complexity index is 497. The third-order valence-electron chi connectivity index (χ3n) is 2.70. The Labute approximate surface area is 110 Å². The summed E-state index contributed by atoms with van der Waals surface area (Å²) in [5.74, 6) is 0.971. The Kier molecular flexibility index (Phi) is 3.79. The molecule has 0 amide bonds. The second kappa shape index (κ2) is 5.32. The summed E-state index contributed by atoms with van der Waals surface area (Å²) in [6, 6.07) is 12.3. The first-order chi connectivity index (χ1) is 8.24.